The van der Waals surface area contributed by atoms with Gasteiger partial charge in [0.15, 0.2) is 4.96 Å². The van der Waals surface area contributed by atoms with Crippen LogP contribution in [-0.4, -0.2) is 57.8 Å². The van der Waals surface area contributed by atoms with Gasteiger partial charge in [0.25, 0.3) is 0 Å². The molecule has 0 bridgehead atoms. The number of amides is 1. The fraction of sp³-hybridized carbons (Fsp3) is 0.429. The molecule has 0 spiro atoms. The van der Waals surface area contributed by atoms with E-state index in [0.29, 0.717) is 5.56 Å². The van der Waals surface area contributed by atoms with Crippen LogP contribution in [0.15, 0.2) is 42.5 Å². The van der Waals surface area contributed by atoms with Gasteiger partial charge in [0.05, 0.1) is 21.6 Å². The van der Waals surface area contributed by atoms with Crippen LogP contribution < -0.4 is 5.73 Å². The van der Waals surface area contributed by atoms with Crippen LogP contribution in [0.25, 0.3) is 26.4 Å². The van der Waals surface area contributed by atoms with Crippen LogP contribution >= 0.6 is 11.3 Å². The Kier molecular flexibility index (Phi) is 7.18. The number of benzene rings is 2. The fourth-order valence-electron chi connectivity index (χ4n) is 5.22. The first-order valence-corrected chi connectivity index (χ1v) is 13.7. The van der Waals surface area contributed by atoms with Gasteiger partial charge in [-0.1, -0.05) is 49.4 Å². The van der Waals surface area contributed by atoms with Crippen LogP contribution in [0, 0.1) is 0 Å². The number of aryl methyl sites for hydroxylation is 1. The maximum atomic E-state index is 11.7. The molecule has 0 unspecified atom stereocenters. The third kappa shape index (κ3) is 4.99. The molecule has 1 aliphatic rings. The van der Waals surface area contributed by atoms with E-state index in [-0.39, 0.29) is 0 Å². The lowest BCUT2D eigenvalue weighted by atomic mass is 10.0. The second kappa shape index (κ2) is 10.5. The van der Waals surface area contributed by atoms with E-state index in [1.165, 1.54) is 42.8 Å². The molecule has 1 amide bonds. The zero-order valence-corrected chi connectivity index (χ0v) is 21.6. The quantitative estimate of drug-likeness (QED) is 0.333. The Labute approximate surface area is 211 Å². The van der Waals surface area contributed by atoms with Gasteiger partial charge in [-0.15, -0.1) is 0 Å². The first kappa shape index (κ1) is 24.0. The van der Waals surface area contributed by atoms with Gasteiger partial charge < -0.3 is 10.6 Å². The number of nitrogens with zero attached hydrogens (tertiary/aromatic N) is 4. The minimum absolute atomic E-state index is 0.396. The Morgan fingerprint density at radius 2 is 1.83 bits per heavy atom. The number of hydrogen-bond donors (Lipinski definition) is 1. The number of rotatable bonds is 10. The number of thiazole rings is 1. The number of primary amides is 1. The van der Waals surface area contributed by atoms with E-state index in [9.17, 15) is 4.79 Å². The molecule has 0 atom stereocenters. The Hall–Kier alpha value is -2.74. The standard InChI is InChI=1S/C28H35N5OS/c1-3-31(4-2)17-7-8-24-26(21-11-9-20(10-12-21)19-32-15-5-6-16-32)30-28-33(24)23-14-13-22(27(29)34)18-25(23)35-28/h9-14,18H,3-8,15-17,19H2,1-2H3,(H2,29,34). The number of fused-ring (bicyclic) bond motifs is 3. The Morgan fingerprint density at radius 3 is 2.51 bits per heavy atom. The number of likely N-dealkylation sites (tertiary alicyclic amines) is 1. The number of carbonyl (C=O) groups is 1. The zero-order chi connectivity index (χ0) is 24.4. The van der Waals surface area contributed by atoms with Crippen molar-refractivity contribution in [1.29, 1.82) is 0 Å². The molecule has 2 aromatic carbocycles. The molecule has 1 saturated heterocycles. The number of carbonyl (C=O) groups excluding carboxylic acids is 1. The minimum Gasteiger partial charge on any atom is -0.366 e. The normalized spacial score (nSPS) is 14.6. The van der Waals surface area contributed by atoms with Gasteiger partial charge in [-0.2, -0.15) is 0 Å². The zero-order valence-electron chi connectivity index (χ0n) is 20.8. The van der Waals surface area contributed by atoms with Crippen molar-refractivity contribution in [3.05, 3.63) is 59.3 Å². The van der Waals surface area contributed by atoms with Gasteiger partial charge in [-0.25, -0.2) is 4.98 Å². The molecular weight excluding hydrogens is 454 g/mol. The molecule has 0 aliphatic carbocycles. The summed E-state index contributed by atoms with van der Waals surface area (Å²) in [6.07, 6.45) is 4.66. The van der Waals surface area contributed by atoms with Gasteiger partial charge in [-0.3, -0.25) is 14.1 Å². The van der Waals surface area contributed by atoms with Crippen molar-refractivity contribution >= 4 is 32.4 Å². The first-order valence-electron chi connectivity index (χ1n) is 12.8. The first-order chi connectivity index (χ1) is 17.1. The molecule has 6 nitrogen and oxygen atoms in total. The highest BCUT2D eigenvalue weighted by Crippen LogP contribution is 2.34. The average molecular weight is 490 g/mol. The van der Waals surface area contributed by atoms with Crippen molar-refractivity contribution in [2.75, 3.05) is 32.7 Å². The highest BCUT2D eigenvalue weighted by Gasteiger charge is 2.19. The maximum absolute atomic E-state index is 11.7. The van der Waals surface area contributed by atoms with E-state index >= 15 is 0 Å². The molecule has 3 heterocycles. The van der Waals surface area contributed by atoms with Crippen LogP contribution in [0.2, 0.25) is 0 Å². The number of aromatic nitrogens is 2. The van der Waals surface area contributed by atoms with Crippen molar-refractivity contribution in [3.63, 3.8) is 0 Å². The molecule has 2 aromatic heterocycles. The SMILES string of the molecule is CCN(CC)CCCc1c(-c2ccc(CN3CCCC3)cc2)nc2sc3cc(C(N)=O)ccc3n12. The number of imidazole rings is 1. The summed E-state index contributed by atoms with van der Waals surface area (Å²) in [4.78, 5) is 22.8. The van der Waals surface area contributed by atoms with E-state index in [0.717, 1.165) is 59.9 Å². The lowest BCUT2D eigenvalue weighted by Crippen LogP contribution is -2.24. The third-order valence-corrected chi connectivity index (χ3v) is 8.25. The van der Waals surface area contributed by atoms with E-state index in [4.69, 9.17) is 10.7 Å². The molecule has 4 aromatic rings. The smallest absolute Gasteiger partial charge is 0.248 e. The summed E-state index contributed by atoms with van der Waals surface area (Å²) >= 11 is 1.62. The fourth-order valence-corrected chi connectivity index (χ4v) is 6.30. The largest absolute Gasteiger partial charge is 0.366 e. The third-order valence-electron chi connectivity index (χ3n) is 7.24. The van der Waals surface area contributed by atoms with E-state index in [2.05, 4.69) is 52.3 Å². The summed E-state index contributed by atoms with van der Waals surface area (Å²) in [6.45, 7) is 11.1. The summed E-state index contributed by atoms with van der Waals surface area (Å²) in [7, 11) is 0. The van der Waals surface area contributed by atoms with Gasteiger partial charge in [-0.05, 0) is 82.2 Å². The highest BCUT2D eigenvalue weighted by molar-refractivity contribution is 7.23. The lowest BCUT2D eigenvalue weighted by molar-refractivity contribution is 0.100. The minimum atomic E-state index is -0.396. The molecule has 35 heavy (non-hydrogen) atoms. The molecule has 0 saturated carbocycles. The molecule has 1 aliphatic heterocycles. The molecular formula is C28H35N5OS. The second-order valence-corrected chi connectivity index (χ2v) is 10.5. The van der Waals surface area contributed by atoms with Gasteiger partial charge >= 0.3 is 0 Å². The summed E-state index contributed by atoms with van der Waals surface area (Å²) in [5.74, 6) is -0.396. The molecule has 184 valence electrons. The Balaban J connectivity index is 1.50. The van der Waals surface area contributed by atoms with Crippen molar-refractivity contribution in [2.24, 2.45) is 5.73 Å². The Bertz CT molecular complexity index is 1310. The predicted octanol–water partition coefficient (Wildman–Crippen LogP) is 5.19. The van der Waals surface area contributed by atoms with Crippen molar-refractivity contribution < 1.29 is 4.79 Å². The van der Waals surface area contributed by atoms with Crippen LogP contribution in [-0.2, 0) is 13.0 Å². The van der Waals surface area contributed by atoms with Gasteiger partial charge in [0.2, 0.25) is 5.91 Å². The van der Waals surface area contributed by atoms with Crippen LogP contribution in [0.1, 0.15) is 54.7 Å². The topological polar surface area (TPSA) is 66.9 Å². The second-order valence-electron chi connectivity index (χ2n) is 9.48. The average Bonchev–Trinajstić information content (AvgIpc) is 3.58. The number of nitrogens with two attached hydrogens (primary N) is 1. The van der Waals surface area contributed by atoms with Crippen LogP contribution in [0.5, 0.6) is 0 Å². The lowest BCUT2D eigenvalue weighted by Gasteiger charge is -2.17. The van der Waals surface area contributed by atoms with E-state index < -0.39 is 5.91 Å². The molecule has 7 heteroatoms. The van der Waals surface area contributed by atoms with Crippen LogP contribution in [0.3, 0.4) is 0 Å². The molecule has 0 radical (unpaired) electrons. The van der Waals surface area contributed by atoms with Gasteiger partial charge in [0, 0.05) is 17.7 Å². The maximum Gasteiger partial charge on any atom is 0.248 e. The van der Waals surface area contributed by atoms with Crippen LogP contribution in [0.4, 0.5) is 0 Å². The molecule has 1 fully saturated rings. The molecule has 5 rings (SSSR count). The van der Waals surface area contributed by atoms with Crippen molar-refractivity contribution in [3.8, 4) is 11.3 Å². The summed E-state index contributed by atoms with van der Waals surface area (Å²) in [6, 6.07) is 14.7. The molecule has 2 N–H and O–H groups in total. The van der Waals surface area contributed by atoms with Crippen molar-refractivity contribution in [2.45, 2.75) is 46.1 Å². The number of hydrogen-bond acceptors (Lipinski definition) is 5. The van der Waals surface area contributed by atoms with Crippen molar-refractivity contribution in [1.82, 2.24) is 19.2 Å². The highest BCUT2D eigenvalue weighted by atomic mass is 32.1. The summed E-state index contributed by atoms with van der Waals surface area (Å²) < 4.78 is 3.34. The predicted molar refractivity (Wildman–Crippen MR) is 145 cm³/mol. The monoisotopic (exact) mass is 489 g/mol. The Morgan fingerprint density at radius 1 is 1.09 bits per heavy atom. The summed E-state index contributed by atoms with van der Waals surface area (Å²) in [5.41, 5.74) is 12.0. The van der Waals surface area contributed by atoms with E-state index in [1.807, 2.05) is 18.2 Å². The van der Waals surface area contributed by atoms with Gasteiger partial charge in [0.1, 0.15) is 0 Å². The summed E-state index contributed by atoms with van der Waals surface area (Å²) in [5, 5.41) is 0. The van der Waals surface area contributed by atoms with E-state index in [1.54, 1.807) is 11.3 Å².